The number of nitrogen functional groups attached to an aromatic ring is 1. The Hall–Kier alpha value is -3.45. The van der Waals surface area contributed by atoms with Crippen LogP contribution in [0.2, 0.25) is 0 Å². The highest BCUT2D eigenvalue weighted by atomic mass is 16.7. The number of hydrogen-bond donors (Lipinski definition) is 1. The molecule has 3 aromatic rings. The van der Waals surface area contributed by atoms with Crippen molar-refractivity contribution in [3.8, 4) is 45.3 Å². The molecule has 2 aromatic carbocycles. The second-order valence-corrected chi connectivity index (χ2v) is 6.15. The molecule has 3 rings (SSSR count). The first kappa shape index (κ1) is 20.3. The first-order valence-electron chi connectivity index (χ1n) is 8.89. The predicted octanol–water partition coefficient (Wildman–Crippen LogP) is 4.01. The zero-order valence-corrected chi connectivity index (χ0v) is 16.9. The van der Waals surface area contributed by atoms with Crippen molar-refractivity contribution in [1.82, 2.24) is 4.98 Å². The van der Waals surface area contributed by atoms with E-state index in [9.17, 15) is 0 Å². The van der Waals surface area contributed by atoms with Gasteiger partial charge in [0.1, 0.15) is 11.6 Å². The van der Waals surface area contributed by atoms with Crippen molar-refractivity contribution in [1.29, 1.82) is 0 Å². The summed E-state index contributed by atoms with van der Waals surface area (Å²) in [4.78, 5) is 4.37. The minimum atomic E-state index is 0.194. The summed E-state index contributed by atoms with van der Waals surface area (Å²) in [7, 11) is 6.32. The first-order valence-corrected chi connectivity index (χ1v) is 8.89. The first-order chi connectivity index (χ1) is 14.1. The quantitative estimate of drug-likeness (QED) is 0.576. The van der Waals surface area contributed by atoms with Gasteiger partial charge in [-0.15, -0.1) is 0 Å². The van der Waals surface area contributed by atoms with Gasteiger partial charge in [0, 0.05) is 24.4 Å². The Morgan fingerprint density at radius 2 is 1.45 bits per heavy atom. The van der Waals surface area contributed by atoms with Gasteiger partial charge in [-0.1, -0.05) is 12.1 Å². The number of benzene rings is 2. The number of methoxy groups -OCH3 is 4. The molecule has 152 valence electrons. The fraction of sp³-hybridized carbons (Fsp3) is 0.227. The van der Waals surface area contributed by atoms with Crippen LogP contribution in [0.15, 0.2) is 48.7 Å². The maximum absolute atomic E-state index is 6.14. The number of ether oxygens (including phenoxy) is 5. The summed E-state index contributed by atoms with van der Waals surface area (Å²) in [6.07, 6.45) is 1.72. The lowest BCUT2D eigenvalue weighted by Gasteiger charge is -2.15. The minimum absolute atomic E-state index is 0.194. The van der Waals surface area contributed by atoms with Gasteiger partial charge in [0.25, 0.3) is 0 Å². The average molecular weight is 396 g/mol. The molecule has 29 heavy (non-hydrogen) atoms. The molecule has 0 saturated carbocycles. The lowest BCUT2D eigenvalue weighted by atomic mass is 10.0. The molecule has 0 saturated heterocycles. The maximum atomic E-state index is 6.14. The molecule has 1 heterocycles. The van der Waals surface area contributed by atoms with Crippen LogP contribution in [-0.2, 0) is 4.74 Å². The van der Waals surface area contributed by atoms with Gasteiger partial charge in [-0.05, 0) is 41.5 Å². The summed E-state index contributed by atoms with van der Waals surface area (Å²) < 4.78 is 26.6. The van der Waals surface area contributed by atoms with Gasteiger partial charge in [0.15, 0.2) is 18.3 Å². The standard InChI is InChI=1S/C22H24N2O5/c1-25-13-29-17-7-5-14(6-8-17)18-9-16(12-24-22(18)23)15-10-19(26-2)21(28-4)20(11-15)27-3/h5-12H,13H2,1-4H3,(H2,23,24). The van der Waals surface area contributed by atoms with Crippen molar-refractivity contribution in [2.75, 3.05) is 41.0 Å². The Bertz CT molecular complexity index is 948. The van der Waals surface area contributed by atoms with E-state index in [-0.39, 0.29) is 6.79 Å². The highest BCUT2D eigenvalue weighted by Crippen LogP contribution is 2.42. The molecule has 0 amide bonds. The van der Waals surface area contributed by atoms with E-state index in [1.54, 1.807) is 34.6 Å². The average Bonchev–Trinajstić information content (AvgIpc) is 2.77. The number of nitrogens with zero attached hydrogens (tertiary/aromatic N) is 1. The molecule has 0 unspecified atom stereocenters. The Kier molecular flexibility index (Phi) is 6.41. The molecule has 0 spiro atoms. The summed E-state index contributed by atoms with van der Waals surface area (Å²) in [5.74, 6) is 2.82. The van der Waals surface area contributed by atoms with E-state index in [4.69, 9.17) is 29.4 Å². The van der Waals surface area contributed by atoms with E-state index in [0.29, 0.717) is 28.8 Å². The fourth-order valence-corrected chi connectivity index (χ4v) is 2.97. The van der Waals surface area contributed by atoms with Crippen LogP contribution in [0.4, 0.5) is 5.82 Å². The second kappa shape index (κ2) is 9.16. The third-order valence-corrected chi connectivity index (χ3v) is 4.43. The van der Waals surface area contributed by atoms with Crippen LogP contribution < -0.4 is 24.7 Å². The lowest BCUT2D eigenvalue weighted by Crippen LogP contribution is -1.99. The number of rotatable bonds is 8. The molecule has 1 aromatic heterocycles. The number of pyridine rings is 1. The van der Waals surface area contributed by atoms with Gasteiger partial charge in [0.05, 0.1) is 21.3 Å². The predicted molar refractivity (Wildman–Crippen MR) is 112 cm³/mol. The number of aromatic nitrogens is 1. The molecule has 2 N–H and O–H groups in total. The third-order valence-electron chi connectivity index (χ3n) is 4.43. The minimum Gasteiger partial charge on any atom is -0.493 e. The third kappa shape index (κ3) is 4.35. The molecule has 7 nitrogen and oxygen atoms in total. The monoisotopic (exact) mass is 396 g/mol. The molecule has 0 atom stereocenters. The maximum Gasteiger partial charge on any atom is 0.203 e. The van der Waals surface area contributed by atoms with E-state index in [0.717, 1.165) is 22.3 Å². The van der Waals surface area contributed by atoms with Crippen LogP contribution in [-0.4, -0.2) is 40.2 Å². The summed E-state index contributed by atoms with van der Waals surface area (Å²) in [5, 5.41) is 0. The number of hydrogen-bond acceptors (Lipinski definition) is 7. The van der Waals surface area contributed by atoms with E-state index in [1.165, 1.54) is 0 Å². The van der Waals surface area contributed by atoms with Crippen molar-refractivity contribution in [3.63, 3.8) is 0 Å². The highest BCUT2D eigenvalue weighted by molar-refractivity contribution is 5.80. The van der Waals surface area contributed by atoms with Crippen LogP contribution >= 0.6 is 0 Å². The van der Waals surface area contributed by atoms with Gasteiger partial charge in [-0.25, -0.2) is 4.98 Å². The zero-order chi connectivity index (χ0) is 20.8. The van der Waals surface area contributed by atoms with E-state index >= 15 is 0 Å². The van der Waals surface area contributed by atoms with Crippen molar-refractivity contribution >= 4 is 5.82 Å². The van der Waals surface area contributed by atoms with Gasteiger partial charge in [-0.3, -0.25) is 0 Å². The largest absolute Gasteiger partial charge is 0.493 e. The summed E-state index contributed by atoms with van der Waals surface area (Å²) in [6.45, 7) is 0.194. The van der Waals surface area contributed by atoms with Gasteiger partial charge >= 0.3 is 0 Å². The molecule has 7 heteroatoms. The smallest absolute Gasteiger partial charge is 0.203 e. The molecule has 0 fully saturated rings. The molecule has 0 aliphatic heterocycles. The van der Waals surface area contributed by atoms with Crippen molar-refractivity contribution in [2.45, 2.75) is 0 Å². The summed E-state index contributed by atoms with van der Waals surface area (Å²) >= 11 is 0. The molecular formula is C22H24N2O5. The zero-order valence-electron chi connectivity index (χ0n) is 16.9. The van der Waals surface area contributed by atoms with Crippen molar-refractivity contribution in [3.05, 3.63) is 48.7 Å². The molecule has 0 radical (unpaired) electrons. The normalized spacial score (nSPS) is 10.5. The molecule has 0 aliphatic carbocycles. The van der Waals surface area contributed by atoms with Crippen LogP contribution in [0.5, 0.6) is 23.0 Å². The van der Waals surface area contributed by atoms with E-state index in [1.807, 2.05) is 42.5 Å². The van der Waals surface area contributed by atoms with Gasteiger partial charge < -0.3 is 29.4 Å². The molecule has 0 bridgehead atoms. The molecule has 0 aliphatic rings. The van der Waals surface area contributed by atoms with Crippen LogP contribution in [0, 0.1) is 0 Å². The highest BCUT2D eigenvalue weighted by Gasteiger charge is 2.15. The molecular weight excluding hydrogens is 372 g/mol. The second-order valence-electron chi connectivity index (χ2n) is 6.15. The van der Waals surface area contributed by atoms with E-state index in [2.05, 4.69) is 4.98 Å². The van der Waals surface area contributed by atoms with Crippen LogP contribution in [0.3, 0.4) is 0 Å². The SMILES string of the molecule is COCOc1ccc(-c2cc(-c3cc(OC)c(OC)c(OC)c3)cnc2N)cc1. The number of nitrogens with two attached hydrogens (primary N) is 1. The topological polar surface area (TPSA) is 85.1 Å². The Morgan fingerprint density at radius 1 is 0.793 bits per heavy atom. The van der Waals surface area contributed by atoms with Gasteiger partial charge in [-0.2, -0.15) is 0 Å². The Balaban J connectivity index is 2.01. The van der Waals surface area contributed by atoms with Crippen molar-refractivity contribution < 1.29 is 23.7 Å². The van der Waals surface area contributed by atoms with Crippen LogP contribution in [0.1, 0.15) is 0 Å². The van der Waals surface area contributed by atoms with Crippen molar-refractivity contribution in [2.24, 2.45) is 0 Å². The van der Waals surface area contributed by atoms with Crippen LogP contribution in [0.25, 0.3) is 22.3 Å². The van der Waals surface area contributed by atoms with E-state index < -0.39 is 0 Å². The summed E-state index contributed by atoms with van der Waals surface area (Å²) in [6, 6.07) is 13.3. The number of anilines is 1. The Morgan fingerprint density at radius 3 is 2.00 bits per heavy atom. The van der Waals surface area contributed by atoms with Gasteiger partial charge in [0.2, 0.25) is 5.75 Å². The Labute approximate surface area is 169 Å². The fourth-order valence-electron chi connectivity index (χ4n) is 2.97. The summed E-state index contributed by atoms with van der Waals surface area (Å²) in [5.41, 5.74) is 9.62. The lowest BCUT2D eigenvalue weighted by molar-refractivity contribution is 0.0511.